The van der Waals surface area contributed by atoms with Gasteiger partial charge < -0.3 is 4.74 Å². The van der Waals surface area contributed by atoms with Crippen molar-refractivity contribution in [3.63, 3.8) is 0 Å². The number of nitrogens with zero attached hydrogens (tertiary/aromatic N) is 1. The molecule has 0 N–H and O–H groups in total. The highest BCUT2D eigenvalue weighted by atomic mass is 35.5. The molecule has 0 amide bonds. The van der Waals surface area contributed by atoms with Gasteiger partial charge in [-0.1, -0.05) is 23.7 Å². The van der Waals surface area contributed by atoms with E-state index in [2.05, 4.69) is 4.98 Å². The maximum atomic E-state index is 5.98. The number of ether oxygens (including phenoxy) is 1. The molecule has 1 heterocycles. The van der Waals surface area contributed by atoms with Crippen LogP contribution in [-0.4, -0.2) is 4.98 Å². The molecule has 4 heteroatoms. The molecular formula is C13H11Cl2NO. The molecule has 0 saturated heterocycles. The summed E-state index contributed by atoms with van der Waals surface area (Å²) in [6, 6.07) is 9.52. The number of benzene rings is 1. The summed E-state index contributed by atoms with van der Waals surface area (Å²) in [5.41, 5.74) is 1.99. The predicted molar refractivity (Wildman–Crippen MR) is 69.6 cm³/mol. The topological polar surface area (TPSA) is 22.1 Å². The lowest BCUT2D eigenvalue weighted by Gasteiger charge is -2.07. The van der Waals surface area contributed by atoms with Gasteiger partial charge in [0.2, 0.25) is 0 Å². The van der Waals surface area contributed by atoms with E-state index in [4.69, 9.17) is 27.9 Å². The standard InChI is InChI=1S/C13H11Cl2NO/c14-7-10-1-3-12(4-2-10)17-9-11-5-6-16-8-13(11)15/h1-6,8H,7,9H2. The van der Waals surface area contributed by atoms with Gasteiger partial charge >= 0.3 is 0 Å². The molecule has 0 fully saturated rings. The number of rotatable bonds is 4. The van der Waals surface area contributed by atoms with Gasteiger partial charge in [0.1, 0.15) is 12.4 Å². The second-order valence-corrected chi connectivity index (χ2v) is 4.21. The fourth-order valence-corrected chi connectivity index (χ4v) is 1.71. The summed E-state index contributed by atoms with van der Waals surface area (Å²) in [5, 5.41) is 0.616. The first-order chi connectivity index (χ1) is 8.29. The SMILES string of the molecule is ClCc1ccc(OCc2ccncc2Cl)cc1. The first kappa shape index (κ1) is 12.2. The second-order valence-electron chi connectivity index (χ2n) is 3.53. The molecule has 0 atom stereocenters. The van der Waals surface area contributed by atoms with Gasteiger partial charge in [-0.25, -0.2) is 0 Å². The number of aromatic nitrogens is 1. The third-order valence-electron chi connectivity index (χ3n) is 2.33. The van der Waals surface area contributed by atoms with Crippen LogP contribution < -0.4 is 4.74 Å². The lowest BCUT2D eigenvalue weighted by molar-refractivity contribution is 0.306. The minimum atomic E-state index is 0.432. The van der Waals surface area contributed by atoms with Crippen LogP contribution in [-0.2, 0) is 12.5 Å². The number of halogens is 2. The zero-order valence-electron chi connectivity index (χ0n) is 9.07. The fourth-order valence-electron chi connectivity index (χ4n) is 1.36. The molecule has 1 aromatic carbocycles. The van der Waals surface area contributed by atoms with Gasteiger partial charge in [-0.05, 0) is 23.8 Å². The van der Waals surface area contributed by atoms with E-state index in [0.717, 1.165) is 16.9 Å². The number of hydrogen-bond acceptors (Lipinski definition) is 2. The number of alkyl halides is 1. The van der Waals surface area contributed by atoms with Crippen molar-refractivity contribution in [1.82, 2.24) is 4.98 Å². The Hall–Kier alpha value is -1.25. The zero-order valence-corrected chi connectivity index (χ0v) is 10.6. The Morgan fingerprint density at radius 2 is 1.88 bits per heavy atom. The molecular weight excluding hydrogens is 257 g/mol. The Morgan fingerprint density at radius 3 is 2.53 bits per heavy atom. The molecule has 0 aliphatic heterocycles. The van der Waals surface area contributed by atoms with Gasteiger partial charge in [0.15, 0.2) is 0 Å². The molecule has 0 aliphatic carbocycles. The van der Waals surface area contributed by atoms with Crippen molar-refractivity contribution in [2.24, 2.45) is 0 Å². The van der Waals surface area contributed by atoms with Gasteiger partial charge in [-0.2, -0.15) is 0 Å². The summed E-state index contributed by atoms with van der Waals surface area (Å²) in [4.78, 5) is 3.92. The van der Waals surface area contributed by atoms with Crippen molar-refractivity contribution in [1.29, 1.82) is 0 Å². The van der Waals surface area contributed by atoms with E-state index in [-0.39, 0.29) is 0 Å². The molecule has 1 aromatic heterocycles. The van der Waals surface area contributed by atoms with Crippen molar-refractivity contribution in [3.05, 3.63) is 58.9 Å². The third-order valence-corrected chi connectivity index (χ3v) is 2.98. The minimum absolute atomic E-state index is 0.432. The van der Waals surface area contributed by atoms with Crippen LogP contribution in [0, 0.1) is 0 Å². The largest absolute Gasteiger partial charge is 0.489 e. The van der Waals surface area contributed by atoms with Gasteiger partial charge in [-0.15, -0.1) is 11.6 Å². The van der Waals surface area contributed by atoms with Crippen LogP contribution in [0.25, 0.3) is 0 Å². The molecule has 0 spiro atoms. The number of pyridine rings is 1. The Labute approximate surface area is 110 Å². The van der Waals surface area contributed by atoms with Crippen molar-refractivity contribution in [2.45, 2.75) is 12.5 Å². The van der Waals surface area contributed by atoms with Crippen LogP contribution in [0.1, 0.15) is 11.1 Å². The van der Waals surface area contributed by atoms with E-state index in [1.807, 2.05) is 30.3 Å². The molecule has 0 bridgehead atoms. The summed E-state index contributed by atoms with van der Waals surface area (Å²) in [5.74, 6) is 1.31. The summed E-state index contributed by atoms with van der Waals surface area (Å²) < 4.78 is 5.62. The Morgan fingerprint density at radius 1 is 1.12 bits per heavy atom. The summed E-state index contributed by atoms with van der Waals surface area (Å²) in [7, 11) is 0. The lowest BCUT2D eigenvalue weighted by atomic mass is 10.2. The highest BCUT2D eigenvalue weighted by Gasteiger charge is 2.01. The molecule has 17 heavy (non-hydrogen) atoms. The van der Waals surface area contributed by atoms with E-state index in [0.29, 0.717) is 17.5 Å². The maximum absolute atomic E-state index is 5.98. The van der Waals surface area contributed by atoms with Crippen molar-refractivity contribution < 1.29 is 4.74 Å². The lowest BCUT2D eigenvalue weighted by Crippen LogP contribution is -1.96. The zero-order chi connectivity index (χ0) is 12.1. The van der Waals surface area contributed by atoms with Crippen molar-refractivity contribution >= 4 is 23.2 Å². The minimum Gasteiger partial charge on any atom is -0.489 e. The van der Waals surface area contributed by atoms with Gasteiger partial charge in [0, 0.05) is 23.8 Å². The number of hydrogen-bond donors (Lipinski definition) is 0. The van der Waals surface area contributed by atoms with E-state index >= 15 is 0 Å². The molecule has 0 aliphatic rings. The van der Waals surface area contributed by atoms with E-state index in [1.165, 1.54) is 0 Å². The Bertz CT molecular complexity index is 485. The van der Waals surface area contributed by atoms with Crippen LogP contribution in [0.3, 0.4) is 0 Å². The average Bonchev–Trinajstić information content (AvgIpc) is 2.38. The molecule has 2 nitrogen and oxygen atoms in total. The van der Waals surface area contributed by atoms with Crippen LogP contribution in [0.4, 0.5) is 0 Å². The monoisotopic (exact) mass is 267 g/mol. The highest BCUT2D eigenvalue weighted by Crippen LogP contribution is 2.18. The molecule has 2 aromatic rings. The van der Waals surface area contributed by atoms with E-state index in [1.54, 1.807) is 12.4 Å². The van der Waals surface area contributed by atoms with Crippen LogP contribution in [0.15, 0.2) is 42.7 Å². The van der Waals surface area contributed by atoms with Gasteiger partial charge in [0.05, 0.1) is 5.02 Å². The predicted octanol–water partition coefficient (Wildman–Crippen LogP) is 4.05. The summed E-state index contributed by atoms with van der Waals surface area (Å²) in [6.07, 6.45) is 3.30. The molecule has 88 valence electrons. The molecule has 2 rings (SSSR count). The first-order valence-electron chi connectivity index (χ1n) is 5.15. The highest BCUT2D eigenvalue weighted by molar-refractivity contribution is 6.31. The van der Waals surface area contributed by atoms with Gasteiger partial charge in [0.25, 0.3) is 0 Å². The third kappa shape index (κ3) is 3.35. The Kier molecular flexibility index (Phi) is 4.24. The average molecular weight is 268 g/mol. The quantitative estimate of drug-likeness (QED) is 0.780. The molecule has 0 radical (unpaired) electrons. The fraction of sp³-hybridized carbons (Fsp3) is 0.154. The summed E-state index contributed by atoms with van der Waals surface area (Å²) in [6.45, 7) is 0.432. The molecule has 0 saturated carbocycles. The van der Waals surface area contributed by atoms with Crippen molar-refractivity contribution in [2.75, 3.05) is 0 Å². The maximum Gasteiger partial charge on any atom is 0.119 e. The molecule has 0 unspecified atom stereocenters. The van der Waals surface area contributed by atoms with Crippen LogP contribution in [0.2, 0.25) is 5.02 Å². The van der Waals surface area contributed by atoms with E-state index < -0.39 is 0 Å². The first-order valence-corrected chi connectivity index (χ1v) is 6.07. The van der Waals surface area contributed by atoms with Crippen molar-refractivity contribution in [3.8, 4) is 5.75 Å². The van der Waals surface area contributed by atoms with Gasteiger partial charge in [-0.3, -0.25) is 4.98 Å². The second kappa shape index (κ2) is 5.89. The van der Waals surface area contributed by atoms with E-state index in [9.17, 15) is 0 Å². The normalized spacial score (nSPS) is 10.2. The smallest absolute Gasteiger partial charge is 0.119 e. The van der Waals surface area contributed by atoms with Crippen LogP contribution in [0.5, 0.6) is 5.75 Å². The Balaban J connectivity index is 2.00. The van der Waals surface area contributed by atoms with Crippen LogP contribution >= 0.6 is 23.2 Å². The summed E-state index contributed by atoms with van der Waals surface area (Å²) >= 11 is 11.7.